The van der Waals surface area contributed by atoms with Crippen molar-refractivity contribution in [2.75, 3.05) is 0 Å². The van der Waals surface area contributed by atoms with E-state index in [1.54, 1.807) is 6.07 Å². The largest absolute Gasteiger partial charge is 0.350 e. The van der Waals surface area contributed by atoms with E-state index in [-0.39, 0.29) is 30.7 Å². The van der Waals surface area contributed by atoms with Crippen molar-refractivity contribution < 1.29 is 9.18 Å². The van der Waals surface area contributed by atoms with E-state index in [1.165, 1.54) is 12.1 Å². The van der Waals surface area contributed by atoms with Crippen LogP contribution in [0.4, 0.5) is 4.39 Å². The summed E-state index contributed by atoms with van der Waals surface area (Å²) in [5, 5.41) is 2.79. The number of nitrogens with two attached hydrogens (primary N) is 1. The molecule has 3 N–H and O–H groups in total. The predicted molar refractivity (Wildman–Crippen MR) is 78.6 cm³/mol. The van der Waals surface area contributed by atoms with E-state index >= 15 is 0 Å². The number of amides is 1. The van der Waals surface area contributed by atoms with Gasteiger partial charge in [-0.2, -0.15) is 0 Å². The fraction of sp³-hybridized carbons (Fsp3) is 0.462. The molecule has 0 spiro atoms. The van der Waals surface area contributed by atoms with E-state index in [1.807, 2.05) is 0 Å². The molecule has 0 aliphatic heterocycles. The van der Waals surface area contributed by atoms with Crippen molar-refractivity contribution in [3.8, 4) is 0 Å². The summed E-state index contributed by atoms with van der Waals surface area (Å²) in [6.07, 6.45) is 3.44. The summed E-state index contributed by atoms with van der Waals surface area (Å²) >= 11 is 3.33. The lowest BCUT2D eigenvalue weighted by Gasteiger charge is -2.22. The Morgan fingerprint density at radius 1 is 1.42 bits per heavy atom. The van der Waals surface area contributed by atoms with Crippen LogP contribution >= 0.6 is 28.3 Å². The number of hydrogen-bond acceptors (Lipinski definition) is 2. The molecule has 0 atom stereocenters. The van der Waals surface area contributed by atoms with Gasteiger partial charge in [0.2, 0.25) is 5.91 Å². The van der Waals surface area contributed by atoms with Crippen LogP contribution in [0.3, 0.4) is 0 Å². The summed E-state index contributed by atoms with van der Waals surface area (Å²) in [6, 6.07) is 4.41. The van der Waals surface area contributed by atoms with E-state index in [2.05, 4.69) is 21.2 Å². The van der Waals surface area contributed by atoms with Crippen LogP contribution in [0.25, 0.3) is 0 Å². The molecular weight excluding hydrogens is 335 g/mol. The van der Waals surface area contributed by atoms with Crippen molar-refractivity contribution in [2.24, 2.45) is 5.73 Å². The number of benzene rings is 1. The summed E-state index contributed by atoms with van der Waals surface area (Å²) < 4.78 is 13.9. The Balaban J connectivity index is 0.00000180. The van der Waals surface area contributed by atoms with Crippen molar-refractivity contribution in [1.82, 2.24) is 5.32 Å². The van der Waals surface area contributed by atoms with Crippen molar-refractivity contribution in [3.63, 3.8) is 0 Å². The summed E-state index contributed by atoms with van der Waals surface area (Å²) in [5.41, 5.74) is 6.01. The molecule has 1 aromatic rings. The Hall–Kier alpha value is -0.650. The van der Waals surface area contributed by atoms with Crippen LogP contribution in [0.2, 0.25) is 0 Å². The predicted octanol–water partition coefficient (Wildman–Crippen LogP) is 2.90. The van der Waals surface area contributed by atoms with Crippen molar-refractivity contribution in [3.05, 3.63) is 34.1 Å². The lowest BCUT2D eigenvalue weighted by Crippen LogP contribution is -2.51. The molecule has 1 aliphatic rings. The number of carbonyl (C=O) groups is 1. The van der Waals surface area contributed by atoms with Crippen LogP contribution in [-0.2, 0) is 11.3 Å². The molecule has 0 radical (unpaired) electrons. The molecule has 0 heterocycles. The smallest absolute Gasteiger partial charge is 0.240 e. The molecule has 3 nitrogen and oxygen atoms in total. The van der Waals surface area contributed by atoms with Crippen LogP contribution in [0.5, 0.6) is 0 Å². The van der Waals surface area contributed by atoms with Crippen molar-refractivity contribution >= 4 is 34.2 Å². The minimum Gasteiger partial charge on any atom is -0.350 e. The molecule has 6 heteroatoms. The fourth-order valence-electron chi connectivity index (χ4n) is 2.26. The number of halogens is 3. The lowest BCUT2D eigenvalue weighted by molar-refractivity contribution is -0.126. The summed E-state index contributed by atoms with van der Waals surface area (Å²) in [5.74, 6) is -0.457. The highest BCUT2D eigenvalue weighted by Gasteiger charge is 2.36. The van der Waals surface area contributed by atoms with Gasteiger partial charge in [0, 0.05) is 11.0 Å². The second-order valence-corrected chi connectivity index (χ2v) is 5.64. The third kappa shape index (κ3) is 3.91. The van der Waals surface area contributed by atoms with Crippen LogP contribution in [0, 0.1) is 5.82 Å². The average Bonchev–Trinajstić information content (AvgIpc) is 2.78. The van der Waals surface area contributed by atoms with Gasteiger partial charge in [0.25, 0.3) is 0 Å². The number of hydrogen-bond donors (Lipinski definition) is 2. The molecule has 1 aliphatic carbocycles. The minimum absolute atomic E-state index is 0. The molecule has 1 saturated carbocycles. The maximum absolute atomic E-state index is 13.1. The molecule has 0 unspecified atom stereocenters. The van der Waals surface area contributed by atoms with E-state index < -0.39 is 5.54 Å². The molecular formula is C13H17BrClFN2O. The maximum Gasteiger partial charge on any atom is 0.240 e. The first kappa shape index (κ1) is 16.4. The number of nitrogens with one attached hydrogen (secondary N) is 1. The molecule has 2 rings (SSSR count). The highest BCUT2D eigenvalue weighted by molar-refractivity contribution is 9.10. The zero-order valence-corrected chi connectivity index (χ0v) is 12.8. The van der Waals surface area contributed by atoms with E-state index in [0.717, 1.165) is 30.2 Å². The molecule has 0 saturated heterocycles. The van der Waals surface area contributed by atoms with Gasteiger partial charge < -0.3 is 11.1 Å². The van der Waals surface area contributed by atoms with Gasteiger partial charge >= 0.3 is 0 Å². The third-order valence-corrected chi connectivity index (χ3v) is 4.17. The monoisotopic (exact) mass is 350 g/mol. The maximum atomic E-state index is 13.1. The highest BCUT2D eigenvalue weighted by Crippen LogP contribution is 2.27. The van der Waals surface area contributed by atoms with Gasteiger partial charge in [-0.3, -0.25) is 4.79 Å². The molecule has 0 bridgehead atoms. The van der Waals surface area contributed by atoms with E-state index in [0.29, 0.717) is 5.56 Å². The van der Waals surface area contributed by atoms with Crippen LogP contribution in [0.1, 0.15) is 31.2 Å². The second-order valence-electron chi connectivity index (χ2n) is 4.78. The quantitative estimate of drug-likeness (QED) is 0.880. The zero-order valence-electron chi connectivity index (χ0n) is 10.4. The minimum atomic E-state index is -0.736. The topological polar surface area (TPSA) is 55.1 Å². The van der Waals surface area contributed by atoms with Gasteiger partial charge in [0.05, 0.1) is 5.54 Å². The van der Waals surface area contributed by atoms with Gasteiger partial charge in [0.1, 0.15) is 5.82 Å². The normalized spacial score (nSPS) is 16.8. The van der Waals surface area contributed by atoms with Crippen LogP contribution in [0.15, 0.2) is 22.7 Å². The average molecular weight is 352 g/mol. The summed E-state index contributed by atoms with van der Waals surface area (Å²) in [7, 11) is 0. The number of rotatable bonds is 3. The molecule has 1 aromatic carbocycles. The third-order valence-electron chi connectivity index (χ3n) is 3.40. The Kier molecular flexibility index (Phi) is 5.77. The molecule has 1 amide bonds. The van der Waals surface area contributed by atoms with Gasteiger partial charge in [-0.15, -0.1) is 12.4 Å². The fourth-order valence-corrected chi connectivity index (χ4v) is 2.65. The molecule has 0 aromatic heterocycles. The summed E-state index contributed by atoms with van der Waals surface area (Å²) in [4.78, 5) is 12.0. The summed E-state index contributed by atoms with van der Waals surface area (Å²) in [6.45, 7) is 0.288. The highest BCUT2D eigenvalue weighted by atomic mass is 79.9. The molecule has 1 fully saturated rings. The van der Waals surface area contributed by atoms with E-state index in [9.17, 15) is 9.18 Å². The Morgan fingerprint density at radius 3 is 2.68 bits per heavy atom. The van der Waals surface area contributed by atoms with Gasteiger partial charge in [0.15, 0.2) is 0 Å². The lowest BCUT2D eigenvalue weighted by atomic mass is 9.98. The Labute approximate surface area is 126 Å². The van der Waals surface area contributed by atoms with Gasteiger partial charge in [-0.25, -0.2) is 4.39 Å². The molecule has 19 heavy (non-hydrogen) atoms. The van der Waals surface area contributed by atoms with Crippen LogP contribution in [-0.4, -0.2) is 11.4 Å². The second kappa shape index (κ2) is 6.68. The number of carbonyl (C=O) groups excluding carboxylic acids is 1. The standard InChI is InChI=1S/C13H16BrFN2O.ClH/c14-11-4-3-10(15)7-9(11)8-17-12(18)13(16)5-1-2-6-13;/h3-4,7H,1-2,5-6,8,16H2,(H,17,18);1H. The first-order chi connectivity index (χ1) is 8.51. The zero-order chi connectivity index (χ0) is 13.2. The van der Waals surface area contributed by atoms with E-state index in [4.69, 9.17) is 5.73 Å². The van der Waals surface area contributed by atoms with Gasteiger partial charge in [-0.1, -0.05) is 28.8 Å². The van der Waals surface area contributed by atoms with Crippen molar-refractivity contribution in [1.29, 1.82) is 0 Å². The van der Waals surface area contributed by atoms with Crippen LogP contribution < -0.4 is 11.1 Å². The first-order valence-corrected chi connectivity index (χ1v) is 6.82. The molecule has 106 valence electrons. The Bertz CT molecular complexity index is 464. The van der Waals surface area contributed by atoms with Crippen molar-refractivity contribution in [2.45, 2.75) is 37.8 Å². The van der Waals surface area contributed by atoms with Gasteiger partial charge in [-0.05, 0) is 36.6 Å². The SMILES string of the molecule is Cl.NC1(C(=O)NCc2cc(F)ccc2Br)CCCC1. The Morgan fingerprint density at radius 2 is 2.05 bits per heavy atom. The first-order valence-electron chi connectivity index (χ1n) is 6.02.